The summed E-state index contributed by atoms with van der Waals surface area (Å²) in [4.78, 5) is 29.9. The van der Waals surface area contributed by atoms with Gasteiger partial charge in [0.05, 0.1) is 17.7 Å². The maximum atomic E-state index is 13.3. The van der Waals surface area contributed by atoms with Gasteiger partial charge in [-0.05, 0) is 74.0 Å². The summed E-state index contributed by atoms with van der Waals surface area (Å²) in [6.45, 7) is 4.35. The number of hydrogen-bond acceptors (Lipinski definition) is 4. The predicted molar refractivity (Wildman–Crippen MR) is 138 cm³/mol. The Balaban J connectivity index is 1.90. The standard InChI is InChI=1S/C27H30ClN3O3/c1-18(2)31(27(33)19-10-13-22(34-5)14-11-19)17-20-16-21(12-15-25(20)30(3)4)29-26(32)23-8-6-7-9-24(23)28/h6-16,18H,17H2,1-5H3,(H,29,32). The third kappa shape index (κ3) is 5.88. The van der Waals surface area contributed by atoms with Crippen molar-refractivity contribution in [2.75, 3.05) is 31.4 Å². The van der Waals surface area contributed by atoms with E-state index in [1.807, 2.05) is 55.9 Å². The van der Waals surface area contributed by atoms with Gasteiger partial charge in [0, 0.05) is 43.6 Å². The van der Waals surface area contributed by atoms with Crippen LogP contribution in [0.2, 0.25) is 5.02 Å². The van der Waals surface area contributed by atoms with Crippen LogP contribution in [-0.4, -0.2) is 44.0 Å². The number of rotatable bonds is 8. The van der Waals surface area contributed by atoms with E-state index in [-0.39, 0.29) is 17.9 Å². The van der Waals surface area contributed by atoms with Crippen LogP contribution in [0.3, 0.4) is 0 Å². The molecule has 0 aromatic heterocycles. The van der Waals surface area contributed by atoms with Gasteiger partial charge in [-0.3, -0.25) is 9.59 Å². The average Bonchev–Trinajstić information content (AvgIpc) is 2.82. The molecular weight excluding hydrogens is 450 g/mol. The average molecular weight is 480 g/mol. The molecule has 1 N–H and O–H groups in total. The molecule has 0 aliphatic heterocycles. The second-order valence-electron chi connectivity index (χ2n) is 8.43. The van der Waals surface area contributed by atoms with Crippen molar-refractivity contribution in [3.8, 4) is 5.75 Å². The number of benzene rings is 3. The number of methoxy groups -OCH3 is 1. The summed E-state index contributed by atoms with van der Waals surface area (Å²) in [5.74, 6) is 0.335. The molecule has 0 aliphatic carbocycles. The molecule has 3 aromatic rings. The number of anilines is 2. The van der Waals surface area contributed by atoms with E-state index in [0.717, 1.165) is 11.3 Å². The third-order valence-electron chi connectivity index (χ3n) is 5.50. The summed E-state index contributed by atoms with van der Waals surface area (Å²) in [7, 11) is 5.50. The molecule has 6 nitrogen and oxygen atoms in total. The summed E-state index contributed by atoms with van der Waals surface area (Å²) in [6.07, 6.45) is 0. The highest BCUT2D eigenvalue weighted by Crippen LogP contribution is 2.27. The van der Waals surface area contributed by atoms with Gasteiger partial charge in [0.15, 0.2) is 0 Å². The first-order valence-corrected chi connectivity index (χ1v) is 11.4. The molecule has 0 unspecified atom stereocenters. The van der Waals surface area contributed by atoms with Gasteiger partial charge < -0.3 is 19.9 Å². The van der Waals surface area contributed by atoms with E-state index in [9.17, 15) is 9.59 Å². The summed E-state index contributed by atoms with van der Waals surface area (Å²) in [5.41, 5.74) is 3.50. The van der Waals surface area contributed by atoms with Crippen LogP contribution in [0.1, 0.15) is 40.1 Å². The Hall–Kier alpha value is -3.51. The molecule has 0 spiro atoms. The summed E-state index contributed by atoms with van der Waals surface area (Å²) in [6, 6.07) is 19.7. The minimum Gasteiger partial charge on any atom is -0.497 e. The number of nitrogens with zero attached hydrogens (tertiary/aromatic N) is 2. The first-order chi connectivity index (χ1) is 16.2. The number of carbonyl (C=O) groups is 2. The van der Waals surface area contributed by atoms with Crippen molar-refractivity contribution in [1.82, 2.24) is 4.90 Å². The van der Waals surface area contributed by atoms with Crippen LogP contribution in [-0.2, 0) is 6.54 Å². The van der Waals surface area contributed by atoms with E-state index in [4.69, 9.17) is 16.3 Å². The molecule has 0 fully saturated rings. The molecule has 0 saturated heterocycles. The van der Waals surface area contributed by atoms with Gasteiger partial charge in [-0.15, -0.1) is 0 Å². The van der Waals surface area contributed by atoms with Gasteiger partial charge in [0.2, 0.25) is 0 Å². The van der Waals surface area contributed by atoms with E-state index >= 15 is 0 Å². The van der Waals surface area contributed by atoms with Crippen molar-refractivity contribution < 1.29 is 14.3 Å². The van der Waals surface area contributed by atoms with Crippen molar-refractivity contribution >= 4 is 34.8 Å². The van der Waals surface area contributed by atoms with Crippen LogP contribution in [0.5, 0.6) is 5.75 Å². The van der Waals surface area contributed by atoms with Crippen LogP contribution in [0, 0.1) is 0 Å². The Morgan fingerprint density at radius 3 is 2.26 bits per heavy atom. The fourth-order valence-corrected chi connectivity index (χ4v) is 3.86. The van der Waals surface area contributed by atoms with E-state index < -0.39 is 0 Å². The molecule has 3 aromatic carbocycles. The smallest absolute Gasteiger partial charge is 0.257 e. The van der Waals surface area contributed by atoms with E-state index in [2.05, 4.69) is 5.32 Å². The normalized spacial score (nSPS) is 10.7. The number of nitrogens with one attached hydrogen (secondary N) is 1. The first kappa shape index (κ1) is 25.1. The Kier molecular flexibility index (Phi) is 8.18. The highest BCUT2D eigenvalue weighted by atomic mass is 35.5. The molecule has 178 valence electrons. The predicted octanol–water partition coefficient (Wildman–Crippen LogP) is 5.72. The molecule has 0 atom stereocenters. The molecule has 0 radical (unpaired) electrons. The summed E-state index contributed by atoms with van der Waals surface area (Å²) in [5, 5.41) is 3.31. The number of ether oxygens (including phenoxy) is 1. The fraction of sp³-hybridized carbons (Fsp3) is 0.259. The second-order valence-corrected chi connectivity index (χ2v) is 8.83. The lowest BCUT2D eigenvalue weighted by Gasteiger charge is -2.29. The SMILES string of the molecule is COc1ccc(C(=O)N(Cc2cc(NC(=O)c3ccccc3Cl)ccc2N(C)C)C(C)C)cc1. The Bertz CT molecular complexity index is 1160. The van der Waals surface area contributed by atoms with Crippen molar-refractivity contribution in [3.63, 3.8) is 0 Å². The first-order valence-electron chi connectivity index (χ1n) is 11.0. The lowest BCUT2D eigenvalue weighted by Crippen LogP contribution is -2.36. The lowest BCUT2D eigenvalue weighted by atomic mass is 10.1. The zero-order valence-electron chi connectivity index (χ0n) is 20.1. The number of carbonyl (C=O) groups excluding carboxylic acids is 2. The topological polar surface area (TPSA) is 61.9 Å². The monoisotopic (exact) mass is 479 g/mol. The van der Waals surface area contributed by atoms with Crippen LogP contribution >= 0.6 is 11.6 Å². The van der Waals surface area contributed by atoms with E-state index in [0.29, 0.717) is 34.1 Å². The maximum absolute atomic E-state index is 13.3. The van der Waals surface area contributed by atoms with E-state index in [1.165, 1.54) is 0 Å². The molecule has 2 amide bonds. The molecule has 0 bridgehead atoms. The quantitative estimate of drug-likeness (QED) is 0.449. The third-order valence-corrected chi connectivity index (χ3v) is 5.83. The molecule has 0 heterocycles. The van der Waals surface area contributed by atoms with Crippen LogP contribution in [0.4, 0.5) is 11.4 Å². The summed E-state index contributed by atoms with van der Waals surface area (Å²) < 4.78 is 5.21. The molecule has 7 heteroatoms. The Morgan fingerprint density at radius 2 is 1.68 bits per heavy atom. The highest BCUT2D eigenvalue weighted by Gasteiger charge is 2.21. The minimum atomic E-state index is -0.288. The second kappa shape index (κ2) is 11.1. The van der Waals surface area contributed by atoms with Crippen molar-refractivity contribution in [3.05, 3.63) is 88.4 Å². The Labute approximate surface area is 206 Å². The van der Waals surface area contributed by atoms with Gasteiger partial charge in [-0.25, -0.2) is 0 Å². The van der Waals surface area contributed by atoms with Gasteiger partial charge in [0.1, 0.15) is 5.75 Å². The number of amides is 2. The van der Waals surface area contributed by atoms with Gasteiger partial charge in [0.25, 0.3) is 11.8 Å². The molecule has 3 rings (SSSR count). The van der Waals surface area contributed by atoms with Crippen LogP contribution < -0.4 is 15.0 Å². The van der Waals surface area contributed by atoms with Crippen molar-refractivity contribution in [2.24, 2.45) is 0 Å². The van der Waals surface area contributed by atoms with Crippen molar-refractivity contribution in [1.29, 1.82) is 0 Å². The minimum absolute atomic E-state index is 0.0361. The Morgan fingerprint density at radius 1 is 1.00 bits per heavy atom. The van der Waals surface area contributed by atoms with Gasteiger partial charge in [-0.1, -0.05) is 23.7 Å². The molecular formula is C27H30ClN3O3. The highest BCUT2D eigenvalue weighted by molar-refractivity contribution is 6.34. The van der Waals surface area contributed by atoms with Crippen LogP contribution in [0.25, 0.3) is 0 Å². The molecule has 34 heavy (non-hydrogen) atoms. The largest absolute Gasteiger partial charge is 0.497 e. The number of halogens is 1. The van der Waals surface area contributed by atoms with Crippen molar-refractivity contribution in [2.45, 2.75) is 26.4 Å². The zero-order chi connectivity index (χ0) is 24.8. The zero-order valence-corrected chi connectivity index (χ0v) is 20.9. The fourth-order valence-electron chi connectivity index (χ4n) is 3.64. The lowest BCUT2D eigenvalue weighted by molar-refractivity contribution is 0.0690. The van der Waals surface area contributed by atoms with Gasteiger partial charge in [-0.2, -0.15) is 0 Å². The number of hydrogen-bond donors (Lipinski definition) is 1. The van der Waals surface area contributed by atoms with Gasteiger partial charge >= 0.3 is 0 Å². The van der Waals surface area contributed by atoms with Crippen LogP contribution in [0.15, 0.2) is 66.7 Å². The van der Waals surface area contributed by atoms with E-state index in [1.54, 1.807) is 55.6 Å². The summed E-state index contributed by atoms with van der Waals surface area (Å²) >= 11 is 6.18. The molecule has 0 saturated carbocycles. The molecule has 0 aliphatic rings. The maximum Gasteiger partial charge on any atom is 0.257 e.